The smallest absolute Gasteiger partial charge is 0.212 e. The van der Waals surface area contributed by atoms with Crippen LogP contribution in [0.5, 0.6) is 0 Å². The molecule has 76 valence electrons. The third-order valence-electron chi connectivity index (χ3n) is 2.31. The Balaban J connectivity index is 2.22. The van der Waals surface area contributed by atoms with E-state index in [1.807, 2.05) is 0 Å². The highest BCUT2D eigenvalue weighted by atomic mass is 32.2. The highest BCUT2D eigenvalue weighted by Gasteiger charge is 2.28. The molecule has 0 amide bonds. The van der Waals surface area contributed by atoms with Gasteiger partial charge in [-0.15, -0.1) is 0 Å². The van der Waals surface area contributed by atoms with Gasteiger partial charge in [-0.25, -0.2) is 17.5 Å². The molecule has 0 aliphatic carbocycles. The van der Waals surface area contributed by atoms with E-state index >= 15 is 0 Å². The molecule has 1 atom stereocenters. The average Bonchev–Trinajstić information content (AvgIpc) is 2.47. The first-order chi connectivity index (χ1) is 6.57. The Bertz CT molecular complexity index is 427. The zero-order valence-corrected chi connectivity index (χ0v) is 8.22. The summed E-state index contributed by atoms with van der Waals surface area (Å²) < 4.78 is 37.2. The lowest BCUT2D eigenvalue weighted by atomic mass is 10.0. The van der Waals surface area contributed by atoms with Crippen LogP contribution in [-0.4, -0.2) is 20.7 Å². The summed E-state index contributed by atoms with van der Waals surface area (Å²) >= 11 is 0. The summed E-state index contributed by atoms with van der Waals surface area (Å²) in [5.74, 6) is -0.262. The van der Waals surface area contributed by atoms with Crippen LogP contribution in [0.3, 0.4) is 0 Å². The van der Waals surface area contributed by atoms with Crippen LogP contribution in [0.2, 0.25) is 0 Å². The molecule has 1 N–H and O–H groups in total. The summed E-state index contributed by atoms with van der Waals surface area (Å²) in [7, 11) is -3.10. The Labute approximate surface area is 82.0 Å². The lowest BCUT2D eigenvalue weighted by Crippen LogP contribution is -2.15. The van der Waals surface area contributed by atoms with Crippen LogP contribution < -0.4 is 4.72 Å². The van der Waals surface area contributed by atoms with Crippen LogP contribution in [0.1, 0.15) is 11.5 Å². The van der Waals surface area contributed by atoms with E-state index in [9.17, 15) is 12.8 Å². The van der Waals surface area contributed by atoms with Crippen molar-refractivity contribution in [3.05, 3.63) is 35.6 Å². The summed E-state index contributed by atoms with van der Waals surface area (Å²) in [6.07, 6.45) is 0. The minimum Gasteiger partial charge on any atom is -0.215 e. The van der Waals surface area contributed by atoms with Crippen molar-refractivity contribution in [3.63, 3.8) is 0 Å². The summed E-state index contributed by atoms with van der Waals surface area (Å²) in [5.41, 5.74) is 0.861. The van der Waals surface area contributed by atoms with Crippen molar-refractivity contribution >= 4 is 10.0 Å². The second kappa shape index (κ2) is 3.33. The van der Waals surface area contributed by atoms with Gasteiger partial charge in [0, 0.05) is 12.5 Å². The Morgan fingerprint density at radius 1 is 1.29 bits per heavy atom. The van der Waals surface area contributed by atoms with E-state index in [0.717, 1.165) is 5.56 Å². The van der Waals surface area contributed by atoms with Crippen molar-refractivity contribution in [2.45, 2.75) is 5.92 Å². The van der Waals surface area contributed by atoms with Gasteiger partial charge in [-0.2, -0.15) is 0 Å². The van der Waals surface area contributed by atoms with Crippen molar-refractivity contribution in [3.8, 4) is 0 Å². The Morgan fingerprint density at radius 2 is 1.93 bits per heavy atom. The first kappa shape index (κ1) is 9.61. The van der Waals surface area contributed by atoms with Gasteiger partial charge in [0.15, 0.2) is 0 Å². The number of sulfonamides is 1. The van der Waals surface area contributed by atoms with Crippen molar-refractivity contribution in [1.29, 1.82) is 0 Å². The molecule has 1 aromatic carbocycles. The second-order valence-corrected chi connectivity index (χ2v) is 5.23. The van der Waals surface area contributed by atoms with Gasteiger partial charge in [0.05, 0.1) is 5.75 Å². The van der Waals surface area contributed by atoms with Gasteiger partial charge in [-0.1, -0.05) is 12.1 Å². The van der Waals surface area contributed by atoms with Gasteiger partial charge in [0.25, 0.3) is 0 Å². The lowest BCUT2D eigenvalue weighted by molar-refractivity contribution is 0.594. The molecule has 1 saturated heterocycles. The topological polar surface area (TPSA) is 46.2 Å². The molecule has 0 spiro atoms. The van der Waals surface area contributed by atoms with Crippen LogP contribution >= 0.6 is 0 Å². The summed E-state index contributed by atoms with van der Waals surface area (Å²) in [6, 6.07) is 5.95. The van der Waals surface area contributed by atoms with Gasteiger partial charge >= 0.3 is 0 Å². The molecule has 0 radical (unpaired) electrons. The number of halogens is 1. The molecular weight excluding hydrogens is 205 g/mol. The van der Waals surface area contributed by atoms with E-state index in [4.69, 9.17) is 0 Å². The molecule has 1 aliphatic heterocycles. The van der Waals surface area contributed by atoms with E-state index in [1.54, 1.807) is 12.1 Å². The molecule has 3 nitrogen and oxygen atoms in total. The molecule has 1 aliphatic rings. The first-order valence-corrected chi connectivity index (χ1v) is 5.95. The highest BCUT2D eigenvalue weighted by molar-refractivity contribution is 7.89. The quantitative estimate of drug-likeness (QED) is 0.754. The standard InChI is InChI=1S/C9H10FNO2S/c10-9-3-1-7(2-4-9)8-5-11-14(12,13)6-8/h1-4,8,11H,5-6H2/t8-/m1/s1. The van der Waals surface area contributed by atoms with E-state index in [2.05, 4.69) is 4.72 Å². The van der Waals surface area contributed by atoms with Gasteiger partial charge in [-0.05, 0) is 17.7 Å². The zero-order chi connectivity index (χ0) is 10.2. The molecule has 0 bridgehead atoms. The number of benzene rings is 1. The van der Waals surface area contributed by atoms with E-state index in [-0.39, 0.29) is 17.5 Å². The van der Waals surface area contributed by atoms with Crippen molar-refractivity contribution in [1.82, 2.24) is 4.72 Å². The molecule has 2 rings (SSSR count). The fourth-order valence-corrected chi connectivity index (χ4v) is 2.97. The SMILES string of the molecule is O=S1(=O)C[C@H](c2ccc(F)cc2)CN1. The fraction of sp³-hybridized carbons (Fsp3) is 0.333. The van der Waals surface area contributed by atoms with Crippen LogP contribution in [0.15, 0.2) is 24.3 Å². The van der Waals surface area contributed by atoms with Crippen molar-refractivity contribution in [2.24, 2.45) is 0 Å². The highest BCUT2D eigenvalue weighted by Crippen LogP contribution is 2.21. The number of hydrogen-bond donors (Lipinski definition) is 1. The molecule has 0 saturated carbocycles. The summed E-state index contributed by atoms with van der Waals surface area (Å²) in [5, 5.41) is 0. The Morgan fingerprint density at radius 3 is 2.43 bits per heavy atom. The van der Waals surface area contributed by atoms with E-state index in [0.29, 0.717) is 6.54 Å². The zero-order valence-electron chi connectivity index (χ0n) is 7.40. The fourth-order valence-electron chi connectivity index (χ4n) is 1.56. The number of nitrogens with one attached hydrogen (secondary N) is 1. The summed E-state index contributed by atoms with van der Waals surface area (Å²) in [4.78, 5) is 0. The third kappa shape index (κ3) is 1.93. The van der Waals surface area contributed by atoms with Gasteiger partial charge in [-0.3, -0.25) is 0 Å². The third-order valence-corrected chi connectivity index (χ3v) is 3.76. The number of rotatable bonds is 1. The maximum atomic E-state index is 12.6. The maximum Gasteiger partial charge on any atom is 0.212 e. The van der Waals surface area contributed by atoms with Crippen LogP contribution in [-0.2, 0) is 10.0 Å². The second-order valence-electron chi connectivity index (χ2n) is 3.38. The van der Waals surface area contributed by atoms with Crippen LogP contribution in [0.25, 0.3) is 0 Å². The Kier molecular flexibility index (Phi) is 2.28. The normalized spacial score (nSPS) is 25.1. The van der Waals surface area contributed by atoms with Crippen LogP contribution in [0.4, 0.5) is 4.39 Å². The van der Waals surface area contributed by atoms with Gasteiger partial charge in [0.2, 0.25) is 10.0 Å². The average molecular weight is 215 g/mol. The molecule has 1 fully saturated rings. The molecule has 0 aromatic heterocycles. The molecule has 5 heteroatoms. The van der Waals surface area contributed by atoms with Gasteiger partial charge < -0.3 is 0 Å². The molecule has 1 heterocycles. The van der Waals surface area contributed by atoms with Crippen molar-refractivity contribution < 1.29 is 12.8 Å². The monoisotopic (exact) mass is 215 g/mol. The van der Waals surface area contributed by atoms with E-state index in [1.165, 1.54) is 12.1 Å². The minimum absolute atomic E-state index is 0.0550. The largest absolute Gasteiger partial charge is 0.215 e. The summed E-state index contributed by atoms with van der Waals surface area (Å²) in [6.45, 7) is 0.411. The molecule has 14 heavy (non-hydrogen) atoms. The van der Waals surface area contributed by atoms with E-state index < -0.39 is 10.0 Å². The van der Waals surface area contributed by atoms with Gasteiger partial charge in [0.1, 0.15) is 5.82 Å². The minimum atomic E-state index is -3.10. The molecule has 1 aromatic rings. The van der Waals surface area contributed by atoms with Crippen LogP contribution in [0, 0.1) is 5.82 Å². The predicted molar refractivity (Wildman–Crippen MR) is 50.9 cm³/mol. The predicted octanol–water partition coefficient (Wildman–Crippen LogP) is 0.842. The first-order valence-electron chi connectivity index (χ1n) is 4.30. The lowest BCUT2D eigenvalue weighted by Gasteiger charge is -2.05. The maximum absolute atomic E-state index is 12.6. The van der Waals surface area contributed by atoms with Crippen molar-refractivity contribution in [2.75, 3.05) is 12.3 Å². The molecular formula is C9H10FNO2S. The molecule has 0 unspecified atom stereocenters. The number of hydrogen-bond acceptors (Lipinski definition) is 2. The Hall–Kier alpha value is -0.940.